The molecule has 2 nitrogen and oxygen atoms in total. The topological polar surface area (TPSA) is 29.5 Å². The highest BCUT2D eigenvalue weighted by molar-refractivity contribution is 4.80. The molecule has 0 aromatic carbocycles. The SMILES string of the molecule is CCC(C)(C)C(C)(O)OC. The average molecular weight is 146 g/mol. The molecule has 0 fully saturated rings. The van der Waals surface area contributed by atoms with E-state index in [1.165, 1.54) is 7.11 Å². The number of aliphatic hydroxyl groups is 1. The average Bonchev–Trinajstić information content (AvgIpc) is 1.88. The molecule has 10 heavy (non-hydrogen) atoms. The second kappa shape index (κ2) is 2.89. The molecule has 0 heterocycles. The summed E-state index contributed by atoms with van der Waals surface area (Å²) >= 11 is 0. The van der Waals surface area contributed by atoms with E-state index in [0.717, 1.165) is 6.42 Å². The van der Waals surface area contributed by atoms with Crippen molar-refractivity contribution in [1.82, 2.24) is 0 Å². The van der Waals surface area contributed by atoms with Crippen molar-refractivity contribution in [3.05, 3.63) is 0 Å². The van der Waals surface area contributed by atoms with Crippen molar-refractivity contribution in [2.45, 2.75) is 39.9 Å². The van der Waals surface area contributed by atoms with Gasteiger partial charge in [0.2, 0.25) is 0 Å². The summed E-state index contributed by atoms with van der Waals surface area (Å²) in [6.45, 7) is 7.69. The van der Waals surface area contributed by atoms with E-state index >= 15 is 0 Å². The van der Waals surface area contributed by atoms with E-state index in [1.54, 1.807) is 6.92 Å². The molecule has 0 aliphatic heterocycles. The van der Waals surface area contributed by atoms with Gasteiger partial charge >= 0.3 is 0 Å². The van der Waals surface area contributed by atoms with Crippen LogP contribution in [0.4, 0.5) is 0 Å². The molecular weight excluding hydrogens is 128 g/mol. The van der Waals surface area contributed by atoms with E-state index in [2.05, 4.69) is 0 Å². The van der Waals surface area contributed by atoms with Crippen molar-refractivity contribution in [3.63, 3.8) is 0 Å². The van der Waals surface area contributed by atoms with Crippen molar-refractivity contribution in [3.8, 4) is 0 Å². The van der Waals surface area contributed by atoms with Gasteiger partial charge in [-0.2, -0.15) is 0 Å². The molecule has 2 heteroatoms. The van der Waals surface area contributed by atoms with Crippen LogP contribution in [0.25, 0.3) is 0 Å². The van der Waals surface area contributed by atoms with Gasteiger partial charge in [-0.1, -0.05) is 20.8 Å². The predicted molar refractivity (Wildman–Crippen MR) is 41.7 cm³/mol. The summed E-state index contributed by atoms with van der Waals surface area (Å²) in [5.74, 6) is -1.01. The lowest BCUT2D eigenvalue weighted by Crippen LogP contribution is -2.43. The van der Waals surface area contributed by atoms with Gasteiger partial charge in [-0.3, -0.25) is 0 Å². The minimum atomic E-state index is -1.01. The molecule has 0 saturated heterocycles. The lowest BCUT2D eigenvalue weighted by molar-refractivity contribution is -0.239. The standard InChI is InChI=1S/C8H18O2/c1-6-7(2,3)8(4,9)10-5/h9H,6H2,1-5H3. The molecular formula is C8H18O2. The Balaban J connectivity index is 4.28. The monoisotopic (exact) mass is 146 g/mol. The summed E-state index contributed by atoms with van der Waals surface area (Å²) in [6.07, 6.45) is 0.897. The molecule has 62 valence electrons. The van der Waals surface area contributed by atoms with Crippen LogP contribution in [-0.4, -0.2) is 18.0 Å². The highest BCUT2D eigenvalue weighted by Crippen LogP contribution is 2.33. The molecule has 0 radical (unpaired) electrons. The van der Waals surface area contributed by atoms with E-state index in [0.29, 0.717) is 0 Å². The van der Waals surface area contributed by atoms with E-state index in [9.17, 15) is 5.11 Å². The lowest BCUT2D eigenvalue weighted by Gasteiger charge is -2.37. The Kier molecular flexibility index (Phi) is 2.86. The summed E-state index contributed by atoms with van der Waals surface area (Å²) in [4.78, 5) is 0. The molecule has 1 unspecified atom stereocenters. The second-order valence-corrected chi connectivity index (χ2v) is 3.42. The molecule has 1 N–H and O–H groups in total. The van der Waals surface area contributed by atoms with E-state index in [4.69, 9.17) is 4.74 Å². The number of ether oxygens (including phenoxy) is 1. The Labute approximate surface area is 63.2 Å². The zero-order valence-electron chi connectivity index (χ0n) is 7.56. The molecule has 0 aliphatic rings. The third kappa shape index (κ3) is 1.70. The summed E-state index contributed by atoms with van der Waals surface area (Å²) in [5.41, 5.74) is -0.179. The van der Waals surface area contributed by atoms with Gasteiger partial charge in [0.05, 0.1) is 0 Å². The Morgan fingerprint density at radius 2 is 1.70 bits per heavy atom. The second-order valence-electron chi connectivity index (χ2n) is 3.42. The normalized spacial score (nSPS) is 18.6. The Morgan fingerprint density at radius 1 is 1.30 bits per heavy atom. The van der Waals surface area contributed by atoms with Crippen molar-refractivity contribution in [1.29, 1.82) is 0 Å². The number of hydrogen-bond donors (Lipinski definition) is 1. The van der Waals surface area contributed by atoms with E-state index in [-0.39, 0.29) is 5.41 Å². The van der Waals surface area contributed by atoms with Gasteiger partial charge in [0.15, 0.2) is 5.79 Å². The maximum Gasteiger partial charge on any atom is 0.167 e. The van der Waals surface area contributed by atoms with Gasteiger partial charge in [0.25, 0.3) is 0 Å². The first-order chi connectivity index (χ1) is 4.37. The van der Waals surface area contributed by atoms with Crippen LogP contribution in [0, 0.1) is 5.41 Å². The maximum absolute atomic E-state index is 9.63. The molecule has 0 aromatic heterocycles. The van der Waals surface area contributed by atoms with Crippen LogP contribution >= 0.6 is 0 Å². The van der Waals surface area contributed by atoms with Gasteiger partial charge in [-0.05, 0) is 13.3 Å². The van der Waals surface area contributed by atoms with Gasteiger partial charge in [-0.15, -0.1) is 0 Å². The fraction of sp³-hybridized carbons (Fsp3) is 1.00. The quantitative estimate of drug-likeness (QED) is 0.615. The van der Waals surface area contributed by atoms with E-state index in [1.807, 2.05) is 20.8 Å². The molecule has 0 bridgehead atoms. The molecule has 1 atom stereocenters. The number of methoxy groups -OCH3 is 1. The smallest absolute Gasteiger partial charge is 0.167 e. The summed E-state index contributed by atoms with van der Waals surface area (Å²) < 4.78 is 4.95. The first kappa shape index (κ1) is 9.92. The van der Waals surface area contributed by atoms with Crippen LogP contribution in [0.1, 0.15) is 34.1 Å². The maximum atomic E-state index is 9.63. The van der Waals surface area contributed by atoms with Gasteiger partial charge in [-0.25, -0.2) is 0 Å². The largest absolute Gasteiger partial charge is 0.365 e. The fourth-order valence-corrected chi connectivity index (χ4v) is 0.604. The minimum absolute atomic E-state index is 0.179. The summed E-state index contributed by atoms with van der Waals surface area (Å²) in [6, 6.07) is 0. The van der Waals surface area contributed by atoms with Crippen LogP contribution in [0.2, 0.25) is 0 Å². The van der Waals surface area contributed by atoms with Crippen LogP contribution < -0.4 is 0 Å². The van der Waals surface area contributed by atoms with Crippen molar-refractivity contribution in [2.75, 3.05) is 7.11 Å². The van der Waals surface area contributed by atoms with Gasteiger partial charge in [0, 0.05) is 12.5 Å². The Hall–Kier alpha value is -0.0800. The Bertz CT molecular complexity index is 91.8. The highest BCUT2D eigenvalue weighted by atomic mass is 16.6. The summed E-state index contributed by atoms with van der Waals surface area (Å²) in [7, 11) is 1.53. The molecule has 0 rings (SSSR count). The van der Waals surface area contributed by atoms with Gasteiger partial charge < -0.3 is 9.84 Å². The zero-order chi connectivity index (χ0) is 8.41. The van der Waals surface area contributed by atoms with Crippen LogP contribution in [0.5, 0.6) is 0 Å². The van der Waals surface area contributed by atoms with E-state index < -0.39 is 5.79 Å². The molecule has 0 aliphatic carbocycles. The number of rotatable bonds is 3. The lowest BCUT2D eigenvalue weighted by atomic mass is 9.82. The molecule has 0 spiro atoms. The van der Waals surface area contributed by atoms with Crippen molar-refractivity contribution >= 4 is 0 Å². The van der Waals surface area contributed by atoms with Crippen LogP contribution in [-0.2, 0) is 4.74 Å². The Morgan fingerprint density at radius 3 is 1.80 bits per heavy atom. The van der Waals surface area contributed by atoms with Crippen LogP contribution in [0.3, 0.4) is 0 Å². The third-order valence-electron chi connectivity index (χ3n) is 2.54. The third-order valence-corrected chi connectivity index (χ3v) is 2.54. The molecule has 0 amide bonds. The molecule has 0 aromatic rings. The fourth-order valence-electron chi connectivity index (χ4n) is 0.604. The van der Waals surface area contributed by atoms with Crippen LogP contribution in [0.15, 0.2) is 0 Å². The highest BCUT2D eigenvalue weighted by Gasteiger charge is 2.37. The minimum Gasteiger partial charge on any atom is -0.365 e. The van der Waals surface area contributed by atoms with Gasteiger partial charge in [0.1, 0.15) is 0 Å². The van der Waals surface area contributed by atoms with Crippen molar-refractivity contribution in [2.24, 2.45) is 5.41 Å². The zero-order valence-corrected chi connectivity index (χ0v) is 7.56. The predicted octanol–water partition coefficient (Wildman–Crippen LogP) is 1.78. The molecule has 0 saturated carbocycles. The summed E-state index contributed by atoms with van der Waals surface area (Å²) in [5, 5.41) is 9.63. The first-order valence-electron chi connectivity index (χ1n) is 3.65. The van der Waals surface area contributed by atoms with Crippen molar-refractivity contribution < 1.29 is 9.84 Å². The number of hydrogen-bond acceptors (Lipinski definition) is 2. The first-order valence-corrected chi connectivity index (χ1v) is 3.65.